The van der Waals surface area contributed by atoms with Crippen molar-refractivity contribution in [2.45, 2.75) is 13.1 Å². The second kappa shape index (κ2) is 9.51. The Bertz CT molecular complexity index is 998. The van der Waals surface area contributed by atoms with Gasteiger partial charge in [0.05, 0.1) is 26.9 Å². The van der Waals surface area contributed by atoms with E-state index in [1.165, 1.54) is 0 Å². The van der Waals surface area contributed by atoms with Gasteiger partial charge in [0.25, 0.3) is 5.91 Å². The van der Waals surface area contributed by atoms with E-state index in [4.69, 9.17) is 14.0 Å². The fourth-order valence-electron chi connectivity index (χ4n) is 3.29. The molecule has 0 bridgehead atoms. The summed E-state index contributed by atoms with van der Waals surface area (Å²) in [5, 5.41) is 6.82. The van der Waals surface area contributed by atoms with Crippen molar-refractivity contribution in [3.8, 4) is 17.1 Å². The van der Waals surface area contributed by atoms with Crippen molar-refractivity contribution in [2.75, 3.05) is 33.4 Å². The van der Waals surface area contributed by atoms with Gasteiger partial charge in [0.2, 0.25) is 11.7 Å². The molecule has 0 atom stereocenters. The predicted molar refractivity (Wildman–Crippen MR) is 110 cm³/mol. The second-order valence-corrected chi connectivity index (χ2v) is 7.02. The number of carbonyl (C=O) groups is 1. The molecule has 1 aromatic heterocycles. The lowest BCUT2D eigenvalue weighted by atomic mass is 10.1. The number of carbonyl (C=O) groups excluding carboxylic acids is 1. The quantitative estimate of drug-likeness (QED) is 0.642. The van der Waals surface area contributed by atoms with E-state index in [1.807, 2.05) is 42.5 Å². The van der Waals surface area contributed by atoms with E-state index in [-0.39, 0.29) is 12.5 Å². The number of morpholine rings is 1. The van der Waals surface area contributed by atoms with Crippen molar-refractivity contribution in [1.82, 2.24) is 20.4 Å². The molecule has 3 aromatic rings. The second-order valence-electron chi connectivity index (χ2n) is 7.02. The maximum Gasteiger partial charge on any atom is 0.251 e. The molecule has 1 aliphatic rings. The van der Waals surface area contributed by atoms with Crippen LogP contribution in [0.1, 0.15) is 21.8 Å². The minimum Gasteiger partial charge on any atom is -0.497 e. The summed E-state index contributed by atoms with van der Waals surface area (Å²) in [6.07, 6.45) is 0. The monoisotopic (exact) mass is 408 g/mol. The summed E-state index contributed by atoms with van der Waals surface area (Å²) in [5.74, 6) is 1.32. The zero-order valence-electron chi connectivity index (χ0n) is 16.8. The van der Waals surface area contributed by atoms with Crippen molar-refractivity contribution >= 4 is 5.91 Å². The number of amides is 1. The fourth-order valence-corrected chi connectivity index (χ4v) is 3.29. The molecule has 0 saturated carbocycles. The van der Waals surface area contributed by atoms with E-state index in [1.54, 1.807) is 13.2 Å². The summed E-state index contributed by atoms with van der Waals surface area (Å²) in [6, 6.07) is 15.0. The highest BCUT2D eigenvalue weighted by Crippen LogP contribution is 2.21. The summed E-state index contributed by atoms with van der Waals surface area (Å²) >= 11 is 0. The van der Waals surface area contributed by atoms with Crippen molar-refractivity contribution in [1.29, 1.82) is 0 Å². The Balaban J connectivity index is 1.35. The Hall–Kier alpha value is -3.23. The smallest absolute Gasteiger partial charge is 0.251 e. The van der Waals surface area contributed by atoms with Crippen molar-refractivity contribution in [3.05, 3.63) is 65.5 Å². The third-order valence-electron chi connectivity index (χ3n) is 4.90. The lowest BCUT2D eigenvalue weighted by Crippen LogP contribution is -2.35. The van der Waals surface area contributed by atoms with Crippen molar-refractivity contribution in [3.63, 3.8) is 0 Å². The van der Waals surface area contributed by atoms with Gasteiger partial charge in [-0.1, -0.05) is 29.4 Å². The molecule has 1 aliphatic heterocycles. The van der Waals surface area contributed by atoms with E-state index >= 15 is 0 Å². The zero-order valence-corrected chi connectivity index (χ0v) is 16.8. The molecular weight excluding hydrogens is 384 g/mol. The van der Waals surface area contributed by atoms with E-state index < -0.39 is 0 Å². The number of benzene rings is 2. The summed E-state index contributed by atoms with van der Waals surface area (Å²) in [5.41, 5.74) is 2.49. The van der Waals surface area contributed by atoms with Crippen LogP contribution in [0.4, 0.5) is 0 Å². The molecule has 0 aliphatic carbocycles. The maximum absolute atomic E-state index is 12.6. The number of hydrogen-bond donors (Lipinski definition) is 1. The number of hydrogen-bond acceptors (Lipinski definition) is 7. The van der Waals surface area contributed by atoms with Gasteiger partial charge in [0.15, 0.2) is 0 Å². The first-order chi connectivity index (χ1) is 14.7. The summed E-state index contributed by atoms with van der Waals surface area (Å²) < 4.78 is 15.9. The van der Waals surface area contributed by atoms with Crippen LogP contribution in [0.15, 0.2) is 53.1 Å². The molecule has 30 heavy (non-hydrogen) atoms. The topological polar surface area (TPSA) is 89.7 Å². The molecule has 2 heterocycles. The number of nitrogens with one attached hydrogen (secondary N) is 1. The Labute approximate surface area is 174 Å². The van der Waals surface area contributed by atoms with Gasteiger partial charge in [-0.2, -0.15) is 4.98 Å². The Morgan fingerprint density at radius 2 is 2.00 bits per heavy atom. The molecular formula is C22H24N4O4. The molecule has 156 valence electrons. The van der Waals surface area contributed by atoms with Gasteiger partial charge in [-0.25, -0.2) is 0 Å². The van der Waals surface area contributed by atoms with Crippen LogP contribution in [-0.4, -0.2) is 54.4 Å². The minimum atomic E-state index is -0.181. The van der Waals surface area contributed by atoms with Gasteiger partial charge in [-0.15, -0.1) is 0 Å². The number of methoxy groups -OCH3 is 1. The highest BCUT2D eigenvalue weighted by Gasteiger charge is 2.14. The highest BCUT2D eigenvalue weighted by atomic mass is 16.5. The molecule has 2 aromatic carbocycles. The van der Waals surface area contributed by atoms with Crippen LogP contribution in [0.3, 0.4) is 0 Å². The minimum absolute atomic E-state index is 0.156. The van der Waals surface area contributed by atoms with Gasteiger partial charge in [-0.05, 0) is 29.8 Å². The molecule has 1 amide bonds. The first kappa shape index (κ1) is 20.1. The van der Waals surface area contributed by atoms with Gasteiger partial charge >= 0.3 is 0 Å². The van der Waals surface area contributed by atoms with Crippen LogP contribution in [0.25, 0.3) is 11.4 Å². The Kier molecular flexibility index (Phi) is 6.36. The summed E-state index contributed by atoms with van der Waals surface area (Å²) in [7, 11) is 1.60. The molecule has 1 N–H and O–H groups in total. The van der Waals surface area contributed by atoms with E-state index in [9.17, 15) is 4.79 Å². The van der Waals surface area contributed by atoms with Crippen molar-refractivity contribution in [2.24, 2.45) is 0 Å². The van der Waals surface area contributed by atoms with E-state index in [0.717, 1.165) is 44.0 Å². The first-order valence-electron chi connectivity index (χ1n) is 9.85. The van der Waals surface area contributed by atoms with Crippen LogP contribution in [0, 0.1) is 0 Å². The van der Waals surface area contributed by atoms with Gasteiger partial charge in [0.1, 0.15) is 5.75 Å². The Morgan fingerprint density at radius 1 is 1.17 bits per heavy atom. The highest BCUT2D eigenvalue weighted by molar-refractivity contribution is 5.94. The fraction of sp³-hybridized carbons (Fsp3) is 0.318. The molecule has 1 saturated heterocycles. The van der Waals surface area contributed by atoms with E-state index in [0.29, 0.717) is 23.0 Å². The Morgan fingerprint density at radius 3 is 2.83 bits per heavy atom. The average Bonchev–Trinajstić information content (AvgIpc) is 3.27. The normalized spacial score (nSPS) is 14.4. The van der Waals surface area contributed by atoms with E-state index in [2.05, 4.69) is 20.4 Å². The zero-order chi connectivity index (χ0) is 20.8. The molecule has 8 heteroatoms. The predicted octanol–water partition coefficient (Wildman–Crippen LogP) is 2.51. The number of ether oxygens (including phenoxy) is 2. The lowest BCUT2D eigenvalue weighted by molar-refractivity contribution is 0.0342. The van der Waals surface area contributed by atoms with Gasteiger partial charge in [0, 0.05) is 30.8 Å². The number of rotatable bonds is 7. The van der Waals surface area contributed by atoms with Crippen LogP contribution >= 0.6 is 0 Å². The summed E-state index contributed by atoms with van der Waals surface area (Å²) in [6.45, 7) is 4.28. The number of nitrogens with zero attached hydrogens (tertiary/aromatic N) is 3. The molecule has 1 fully saturated rings. The molecule has 0 spiro atoms. The largest absolute Gasteiger partial charge is 0.497 e. The van der Waals surface area contributed by atoms with Crippen LogP contribution in [-0.2, 0) is 17.8 Å². The third-order valence-corrected chi connectivity index (χ3v) is 4.90. The first-order valence-corrected chi connectivity index (χ1v) is 9.85. The molecule has 0 unspecified atom stereocenters. The van der Waals surface area contributed by atoms with Crippen LogP contribution in [0.2, 0.25) is 0 Å². The molecule has 8 nitrogen and oxygen atoms in total. The van der Waals surface area contributed by atoms with Gasteiger partial charge in [-0.3, -0.25) is 9.69 Å². The molecule has 4 rings (SSSR count). The SMILES string of the molecule is COc1cccc(-c2noc(CNC(=O)c3cccc(CN4CCOCC4)c3)n2)c1. The van der Waals surface area contributed by atoms with Crippen LogP contribution < -0.4 is 10.1 Å². The van der Waals surface area contributed by atoms with Crippen LogP contribution in [0.5, 0.6) is 5.75 Å². The summed E-state index contributed by atoms with van der Waals surface area (Å²) in [4.78, 5) is 19.2. The number of aromatic nitrogens is 2. The lowest BCUT2D eigenvalue weighted by Gasteiger charge is -2.26. The molecule has 0 radical (unpaired) electrons. The third kappa shape index (κ3) is 5.03. The average molecular weight is 408 g/mol. The standard InChI is InChI=1S/C22H24N4O4/c1-28-19-7-3-5-17(13-19)21-24-20(30-25-21)14-23-22(27)18-6-2-4-16(12-18)15-26-8-10-29-11-9-26/h2-7,12-13H,8-11,14-15H2,1H3,(H,23,27). The van der Waals surface area contributed by atoms with Crippen molar-refractivity contribution < 1.29 is 18.8 Å². The van der Waals surface area contributed by atoms with Gasteiger partial charge < -0.3 is 19.3 Å². The maximum atomic E-state index is 12.6.